The van der Waals surface area contributed by atoms with E-state index < -0.39 is 0 Å². The Morgan fingerprint density at radius 2 is 2.17 bits per heavy atom. The third-order valence-corrected chi connectivity index (χ3v) is 3.67. The van der Waals surface area contributed by atoms with Crippen LogP contribution in [0, 0.1) is 0 Å². The molecule has 0 radical (unpaired) electrons. The van der Waals surface area contributed by atoms with Crippen LogP contribution in [0.4, 0.5) is 11.6 Å². The van der Waals surface area contributed by atoms with E-state index in [1.165, 1.54) is 6.20 Å². The van der Waals surface area contributed by atoms with Gasteiger partial charge in [0, 0.05) is 18.2 Å². The summed E-state index contributed by atoms with van der Waals surface area (Å²) in [6, 6.07) is 1.78. The van der Waals surface area contributed by atoms with E-state index in [0.717, 1.165) is 12.0 Å². The second-order valence-corrected chi connectivity index (χ2v) is 5.77. The second-order valence-electron chi connectivity index (χ2n) is 4.96. The Labute approximate surface area is 141 Å². The van der Waals surface area contributed by atoms with Crippen LogP contribution in [0.1, 0.15) is 12.0 Å². The number of nitrogens with zero attached hydrogens (tertiary/aromatic N) is 3. The molecule has 1 aliphatic rings. The van der Waals surface area contributed by atoms with Crippen molar-refractivity contribution in [3.8, 4) is 11.6 Å². The van der Waals surface area contributed by atoms with Crippen LogP contribution in [-0.2, 0) is 11.3 Å². The quantitative estimate of drug-likeness (QED) is 0.800. The molecule has 3 rings (SSSR count). The Hall–Kier alpha value is -2.13. The number of anilines is 2. The normalized spacial score (nSPS) is 17.2. The number of ether oxygens (including phenoxy) is 3. The molecule has 2 aromatic heterocycles. The fraction of sp³-hybridized carbons (Fsp3) is 0.357. The number of halogens is 1. The molecule has 0 unspecified atom stereocenters. The lowest BCUT2D eigenvalue weighted by molar-refractivity contribution is 0.139. The first-order chi connectivity index (χ1) is 11.1. The molecule has 0 spiro atoms. The fourth-order valence-electron chi connectivity index (χ4n) is 2.14. The number of aromatic nitrogens is 3. The predicted octanol–water partition coefficient (Wildman–Crippen LogP) is 1.55. The van der Waals surface area contributed by atoms with Crippen LogP contribution < -0.4 is 20.9 Å². The Kier molecular flexibility index (Phi) is 4.77. The van der Waals surface area contributed by atoms with Gasteiger partial charge in [-0.3, -0.25) is 0 Å². The van der Waals surface area contributed by atoms with E-state index in [-0.39, 0.29) is 24.4 Å². The van der Waals surface area contributed by atoms with Gasteiger partial charge in [0.05, 0.1) is 19.4 Å². The summed E-state index contributed by atoms with van der Waals surface area (Å²) in [5, 5.41) is 0. The van der Waals surface area contributed by atoms with E-state index in [4.69, 9.17) is 25.7 Å². The van der Waals surface area contributed by atoms with Gasteiger partial charge in [-0.2, -0.15) is 0 Å². The number of hydrogen-bond donors (Lipinski definition) is 2. The molecule has 8 nitrogen and oxygen atoms in total. The van der Waals surface area contributed by atoms with Gasteiger partial charge in [-0.15, -0.1) is 0 Å². The number of nitrogen functional groups attached to an aromatic ring is 2. The minimum absolute atomic E-state index is 0.0315. The van der Waals surface area contributed by atoms with Gasteiger partial charge in [0.25, 0.3) is 5.88 Å². The van der Waals surface area contributed by atoms with Gasteiger partial charge in [0.2, 0.25) is 0 Å². The molecular weight excluding hydrogens is 366 g/mol. The summed E-state index contributed by atoms with van der Waals surface area (Å²) >= 11 is 3.23. The molecule has 0 aliphatic carbocycles. The van der Waals surface area contributed by atoms with E-state index >= 15 is 0 Å². The van der Waals surface area contributed by atoms with Gasteiger partial charge in [-0.1, -0.05) is 0 Å². The molecule has 0 amide bonds. The summed E-state index contributed by atoms with van der Waals surface area (Å²) in [5.74, 6) is 1.27. The van der Waals surface area contributed by atoms with Crippen LogP contribution in [0.3, 0.4) is 0 Å². The maximum absolute atomic E-state index is 5.93. The van der Waals surface area contributed by atoms with Gasteiger partial charge in [-0.25, -0.2) is 15.0 Å². The van der Waals surface area contributed by atoms with Gasteiger partial charge < -0.3 is 25.7 Å². The van der Waals surface area contributed by atoms with Crippen molar-refractivity contribution >= 4 is 27.6 Å². The lowest BCUT2D eigenvalue weighted by atomic mass is 10.2. The Bertz CT molecular complexity index is 694. The molecule has 0 aromatic carbocycles. The zero-order valence-electron chi connectivity index (χ0n) is 12.2. The minimum Gasteiger partial charge on any atom is -0.484 e. The van der Waals surface area contributed by atoms with Crippen molar-refractivity contribution in [2.45, 2.75) is 19.1 Å². The minimum atomic E-state index is -0.0315. The monoisotopic (exact) mass is 381 g/mol. The van der Waals surface area contributed by atoms with Crippen molar-refractivity contribution in [2.75, 3.05) is 24.7 Å². The molecule has 23 heavy (non-hydrogen) atoms. The third-order valence-electron chi connectivity index (χ3n) is 3.29. The Morgan fingerprint density at radius 1 is 1.30 bits per heavy atom. The highest BCUT2D eigenvalue weighted by molar-refractivity contribution is 9.10. The highest BCUT2D eigenvalue weighted by Crippen LogP contribution is 2.29. The highest BCUT2D eigenvalue weighted by atomic mass is 79.9. The average Bonchev–Trinajstić information content (AvgIpc) is 3.04. The topological polar surface area (TPSA) is 118 Å². The number of hydrogen-bond acceptors (Lipinski definition) is 8. The van der Waals surface area contributed by atoms with Crippen LogP contribution in [-0.4, -0.2) is 34.3 Å². The number of pyridine rings is 1. The van der Waals surface area contributed by atoms with Crippen molar-refractivity contribution in [3.05, 3.63) is 28.6 Å². The predicted molar refractivity (Wildman–Crippen MR) is 87.0 cm³/mol. The van der Waals surface area contributed by atoms with Crippen molar-refractivity contribution in [1.82, 2.24) is 15.0 Å². The van der Waals surface area contributed by atoms with Crippen LogP contribution in [0.2, 0.25) is 0 Å². The van der Waals surface area contributed by atoms with Gasteiger partial charge in [-0.05, 0) is 22.0 Å². The summed E-state index contributed by atoms with van der Waals surface area (Å²) < 4.78 is 17.4. The fourth-order valence-corrected chi connectivity index (χ4v) is 2.41. The van der Waals surface area contributed by atoms with Gasteiger partial charge >= 0.3 is 0 Å². The maximum atomic E-state index is 5.93. The SMILES string of the molecule is Nc1ncc(Br)nc1OCc1ccnc(N)c1O[C@H]1CCOC1. The van der Waals surface area contributed by atoms with Crippen LogP contribution >= 0.6 is 15.9 Å². The molecule has 1 saturated heterocycles. The summed E-state index contributed by atoms with van der Waals surface area (Å²) in [5.41, 5.74) is 12.4. The third kappa shape index (κ3) is 3.80. The first kappa shape index (κ1) is 15.8. The number of rotatable bonds is 5. The molecule has 0 saturated carbocycles. The summed E-state index contributed by atoms with van der Waals surface area (Å²) in [4.78, 5) is 12.2. The molecular formula is C14H16BrN5O3. The highest BCUT2D eigenvalue weighted by Gasteiger charge is 2.21. The first-order valence-corrected chi connectivity index (χ1v) is 7.81. The van der Waals surface area contributed by atoms with E-state index in [9.17, 15) is 0 Å². The molecule has 122 valence electrons. The zero-order chi connectivity index (χ0) is 16.2. The summed E-state index contributed by atoms with van der Waals surface area (Å²) in [7, 11) is 0. The Balaban J connectivity index is 1.76. The lowest BCUT2D eigenvalue weighted by Gasteiger charge is -2.17. The number of nitrogens with two attached hydrogens (primary N) is 2. The van der Waals surface area contributed by atoms with Crippen LogP contribution in [0.15, 0.2) is 23.1 Å². The first-order valence-electron chi connectivity index (χ1n) is 7.02. The molecule has 0 bridgehead atoms. The van der Waals surface area contributed by atoms with Crippen molar-refractivity contribution in [3.63, 3.8) is 0 Å². The molecule has 9 heteroatoms. The molecule has 1 atom stereocenters. The molecule has 3 heterocycles. The van der Waals surface area contributed by atoms with Crippen molar-refractivity contribution < 1.29 is 14.2 Å². The van der Waals surface area contributed by atoms with Crippen LogP contribution in [0.25, 0.3) is 0 Å². The van der Waals surface area contributed by atoms with Gasteiger partial charge in [0.15, 0.2) is 17.4 Å². The van der Waals surface area contributed by atoms with E-state index in [0.29, 0.717) is 29.4 Å². The zero-order valence-corrected chi connectivity index (χ0v) is 13.8. The van der Waals surface area contributed by atoms with E-state index in [2.05, 4.69) is 30.9 Å². The molecule has 2 aromatic rings. The second kappa shape index (κ2) is 6.97. The summed E-state index contributed by atoms with van der Waals surface area (Å²) in [6.45, 7) is 1.41. The Morgan fingerprint density at radius 3 is 2.96 bits per heavy atom. The average molecular weight is 382 g/mol. The van der Waals surface area contributed by atoms with Gasteiger partial charge in [0.1, 0.15) is 17.3 Å². The standard InChI is InChI=1S/C14H16BrN5O3/c15-10-5-19-13(17)14(20-10)22-6-8-1-3-18-12(16)11(8)23-9-2-4-21-7-9/h1,3,5,9H,2,4,6-7H2,(H2,16,18)(H2,17,19)/t9-/m0/s1. The molecule has 4 N–H and O–H groups in total. The lowest BCUT2D eigenvalue weighted by Crippen LogP contribution is -2.18. The maximum Gasteiger partial charge on any atom is 0.258 e. The largest absolute Gasteiger partial charge is 0.484 e. The van der Waals surface area contributed by atoms with Crippen LogP contribution in [0.5, 0.6) is 11.6 Å². The van der Waals surface area contributed by atoms with Crippen molar-refractivity contribution in [2.24, 2.45) is 0 Å². The van der Waals surface area contributed by atoms with E-state index in [1.54, 1.807) is 12.3 Å². The van der Waals surface area contributed by atoms with E-state index in [1.807, 2.05) is 0 Å². The smallest absolute Gasteiger partial charge is 0.258 e. The molecule has 1 aliphatic heterocycles. The molecule has 1 fully saturated rings. The summed E-state index contributed by atoms with van der Waals surface area (Å²) in [6.07, 6.45) is 3.89. The van der Waals surface area contributed by atoms with Crippen molar-refractivity contribution in [1.29, 1.82) is 0 Å².